The van der Waals surface area contributed by atoms with Crippen molar-refractivity contribution in [1.82, 2.24) is 0 Å². The molecule has 0 aliphatic carbocycles. The molecule has 0 unspecified atom stereocenters. The van der Waals surface area contributed by atoms with Crippen LogP contribution in [0.5, 0.6) is 0 Å². The number of para-hydroxylation sites is 2. The zero-order valence-corrected chi connectivity index (χ0v) is 28.4. The smallest absolute Gasteiger partial charge is 0.179 e. The van der Waals surface area contributed by atoms with Crippen LogP contribution in [0.4, 0.5) is 0 Å². The lowest BCUT2D eigenvalue weighted by atomic mass is 9.84. The van der Waals surface area contributed by atoms with Crippen LogP contribution in [0.1, 0.15) is 18.1 Å². The van der Waals surface area contributed by atoms with Gasteiger partial charge in [-0.25, -0.2) is 0 Å². The number of furan rings is 3. The average molecular weight is 667 g/mol. The Labute approximate surface area is 298 Å². The van der Waals surface area contributed by atoms with E-state index >= 15 is 0 Å². The van der Waals surface area contributed by atoms with Crippen LogP contribution in [-0.2, 0) is 0 Å². The van der Waals surface area contributed by atoms with Crippen molar-refractivity contribution in [2.24, 2.45) is 0 Å². The van der Waals surface area contributed by atoms with Gasteiger partial charge in [-0.3, -0.25) is 0 Å². The third-order valence-corrected chi connectivity index (χ3v) is 10.7. The molecule has 0 radical (unpaired) electrons. The number of hydrogen-bond acceptors (Lipinski definition) is 3. The van der Waals surface area contributed by atoms with Crippen LogP contribution < -0.4 is 0 Å². The summed E-state index contributed by atoms with van der Waals surface area (Å²) in [5.74, 6) is 0. The first-order chi connectivity index (χ1) is 25.7. The maximum atomic E-state index is 6.80. The Balaban J connectivity index is 1.29. The van der Waals surface area contributed by atoms with Crippen LogP contribution in [0.2, 0.25) is 0 Å². The normalized spacial score (nSPS) is 12.3. The molecule has 3 heteroatoms. The van der Waals surface area contributed by atoms with E-state index in [4.69, 9.17) is 13.3 Å². The molecule has 8 aromatic carbocycles. The SMILES string of the molecule is C=Cc1c(/C=C\C)ccc2c1oc1c2cc(-c2c3ccccc3c(-c3ccc4c(c3)oc3ccccc34)c3ccccc23)c2c3ccccc3oc12. The number of allylic oxidation sites excluding steroid dienone is 1. The number of fused-ring (bicyclic) bond motifs is 12. The van der Waals surface area contributed by atoms with Gasteiger partial charge in [0.1, 0.15) is 22.3 Å². The van der Waals surface area contributed by atoms with Crippen LogP contribution in [-0.4, -0.2) is 0 Å². The minimum Gasteiger partial charge on any atom is -0.456 e. The van der Waals surface area contributed by atoms with E-state index in [0.29, 0.717) is 0 Å². The van der Waals surface area contributed by atoms with E-state index in [1.807, 2.05) is 43.3 Å². The Hall–Kier alpha value is -6.84. The van der Waals surface area contributed by atoms with Crippen LogP contribution in [0.3, 0.4) is 0 Å². The number of hydrogen-bond donors (Lipinski definition) is 0. The molecule has 0 saturated heterocycles. The summed E-state index contributed by atoms with van der Waals surface area (Å²) in [6.45, 7) is 6.19. The highest BCUT2D eigenvalue weighted by atomic mass is 16.4. The van der Waals surface area contributed by atoms with Crippen molar-refractivity contribution in [3.8, 4) is 22.3 Å². The van der Waals surface area contributed by atoms with Crippen molar-refractivity contribution >= 4 is 99.5 Å². The Morgan fingerprint density at radius 2 is 1.06 bits per heavy atom. The summed E-state index contributed by atoms with van der Waals surface area (Å²) in [4.78, 5) is 0. The Bertz CT molecular complexity index is 3270. The second-order valence-electron chi connectivity index (χ2n) is 13.5. The Morgan fingerprint density at radius 3 is 1.75 bits per heavy atom. The molecule has 0 fully saturated rings. The van der Waals surface area contributed by atoms with E-state index in [9.17, 15) is 0 Å². The maximum absolute atomic E-state index is 6.80. The van der Waals surface area contributed by atoms with Crippen LogP contribution >= 0.6 is 0 Å². The second kappa shape index (κ2) is 10.8. The van der Waals surface area contributed by atoms with Gasteiger partial charge in [0.05, 0.1) is 0 Å². The van der Waals surface area contributed by atoms with Gasteiger partial charge in [0.2, 0.25) is 0 Å². The van der Waals surface area contributed by atoms with Crippen LogP contribution in [0, 0.1) is 0 Å². The standard InChI is InChI=1S/C49H30O3/c1-3-13-28-22-25-37-39-27-40(46-38-19-10-12-21-42(38)51-49(46)48(39)52-47(37)30(28)4-2)45-35-17-7-5-15-33(35)44(34-16-6-8-18-36(34)45)29-23-24-32-31-14-9-11-20-41(31)50-43(32)26-29/h3-27H,2H2,1H3/b13-3-. The van der Waals surface area contributed by atoms with Crippen molar-refractivity contribution in [3.05, 3.63) is 157 Å². The summed E-state index contributed by atoms with van der Waals surface area (Å²) in [5.41, 5.74) is 11.5. The Kier molecular flexibility index (Phi) is 6.03. The first-order valence-electron chi connectivity index (χ1n) is 17.7. The lowest BCUT2D eigenvalue weighted by Gasteiger charge is -2.18. The van der Waals surface area contributed by atoms with E-state index < -0.39 is 0 Å². The monoisotopic (exact) mass is 666 g/mol. The van der Waals surface area contributed by atoms with Crippen molar-refractivity contribution in [2.45, 2.75) is 6.92 Å². The highest BCUT2D eigenvalue weighted by Gasteiger charge is 2.25. The Morgan fingerprint density at radius 1 is 0.462 bits per heavy atom. The van der Waals surface area contributed by atoms with Gasteiger partial charge in [-0.1, -0.05) is 122 Å². The van der Waals surface area contributed by atoms with Crippen LogP contribution in [0.15, 0.2) is 159 Å². The summed E-state index contributed by atoms with van der Waals surface area (Å²) in [5, 5.41) is 11.1. The number of rotatable bonds is 4. The molecule has 0 N–H and O–H groups in total. The predicted molar refractivity (Wildman–Crippen MR) is 219 cm³/mol. The third kappa shape index (κ3) is 3.91. The van der Waals surface area contributed by atoms with Gasteiger partial charge in [0, 0.05) is 37.9 Å². The van der Waals surface area contributed by atoms with Gasteiger partial charge >= 0.3 is 0 Å². The average Bonchev–Trinajstić information content (AvgIpc) is 3.88. The first kappa shape index (κ1) is 28.9. The summed E-state index contributed by atoms with van der Waals surface area (Å²) in [6, 6.07) is 47.4. The molecule has 0 spiro atoms. The van der Waals surface area contributed by atoms with E-state index in [1.54, 1.807) is 0 Å². The van der Waals surface area contributed by atoms with E-state index in [2.05, 4.69) is 122 Å². The highest BCUT2D eigenvalue weighted by Crippen LogP contribution is 2.50. The molecule has 0 bridgehead atoms. The van der Waals surface area contributed by atoms with Crippen molar-refractivity contribution < 1.29 is 13.3 Å². The molecule has 0 aliphatic rings. The van der Waals surface area contributed by atoms with E-state index in [-0.39, 0.29) is 0 Å². The minimum atomic E-state index is 0.745. The summed E-state index contributed by atoms with van der Waals surface area (Å²) in [7, 11) is 0. The molecule has 11 aromatic rings. The van der Waals surface area contributed by atoms with E-state index in [0.717, 1.165) is 88.1 Å². The fraction of sp³-hybridized carbons (Fsp3) is 0.0204. The summed E-state index contributed by atoms with van der Waals surface area (Å²) < 4.78 is 19.9. The van der Waals surface area contributed by atoms with Gasteiger partial charge in [0.15, 0.2) is 11.2 Å². The lowest BCUT2D eigenvalue weighted by Crippen LogP contribution is -1.91. The van der Waals surface area contributed by atoms with Gasteiger partial charge in [-0.2, -0.15) is 0 Å². The molecule has 0 saturated carbocycles. The van der Waals surface area contributed by atoms with Gasteiger partial charge < -0.3 is 13.3 Å². The molecule has 3 nitrogen and oxygen atoms in total. The zero-order chi connectivity index (χ0) is 34.5. The third-order valence-electron chi connectivity index (χ3n) is 10.7. The van der Waals surface area contributed by atoms with Gasteiger partial charge in [0.25, 0.3) is 0 Å². The van der Waals surface area contributed by atoms with E-state index in [1.165, 1.54) is 32.7 Å². The molecular weight excluding hydrogens is 637 g/mol. The van der Waals surface area contributed by atoms with Gasteiger partial charge in [-0.15, -0.1) is 0 Å². The fourth-order valence-electron chi connectivity index (χ4n) is 8.56. The van der Waals surface area contributed by atoms with Crippen molar-refractivity contribution in [1.29, 1.82) is 0 Å². The molecule has 0 amide bonds. The highest BCUT2D eigenvalue weighted by molar-refractivity contribution is 6.30. The fourth-order valence-corrected chi connectivity index (χ4v) is 8.56. The quantitative estimate of drug-likeness (QED) is 0.176. The van der Waals surface area contributed by atoms with Crippen molar-refractivity contribution in [2.75, 3.05) is 0 Å². The molecule has 0 atom stereocenters. The molecular formula is C49H30O3. The molecule has 244 valence electrons. The topological polar surface area (TPSA) is 39.4 Å². The van der Waals surface area contributed by atoms with Crippen LogP contribution in [0.25, 0.3) is 122 Å². The van der Waals surface area contributed by atoms with Gasteiger partial charge in [-0.05, 0) is 92.7 Å². The molecule has 11 rings (SSSR count). The lowest BCUT2D eigenvalue weighted by molar-refractivity contribution is 0.633. The largest absolute Gasteiger partial charge is 0.456 e. The maximum Gasteiger partial charge on any atom is 0.179 e. The first-order valence-corrected chi connectivity index (χ1v) is 17.7. The summed E-state index contributed by atoms with van der Waals surface area (Å²) in [6.07, 6.45) is 6.03. The van der Waals surface area contributed by atoms with Crippen molar-refractivity contribution in [3.63, 3.8) is 0 Å². The second-order valence-corrected chi connectivity index (χ2v) is 13.5. The molecule has 0 aliphatic heterocycles. The predicted octanol–water partition coefficient (Wildman–Crippen LogP) is 14.7. The molecule has 52 heavy (non-hydrogen) atoms. The molecule has 3 heterocycles. The zero-order valence-electron chi connectivity index (χ0n) is 28.4. The molecule has 3 aromatic heterocycles. The number of benzene rings is 8. The minimum absolute atomic E-state index is 0.745. The summed E-state index contributed by atoms with van der Waals surface area (Å²) >= 11 is 0.